The zero-order valence-electron chi connectivity index (χ0n) is 9.36. The van der Waals surface area contributed by atoms with Crippen LogP contribution in [0.4, 0.5) is 0 Å². The quantitative estimate of drug-likeness (QED) is 0.709. The molecular weight excluding hydrogens is 178 g/mol. The van der Waals surface area contributed by atoms with Crippen molar-refractivity contribution < 1.29 is 9.90 Å². The van der Waals surface area contributed by atoms with Crippen molar-refractivity contribution in [3.63, 3.8) is 0 Å². The van der Waals surface area contributed by atoms with Gasteiger partial charge in [0.1, 0.15) is 0 Å². The number of carboxylic acids is 1. The molecule has 14 heavy (non-hydrogen) atoms. The van der Waals surface area contributed by atoms with Gasteiger partial charge < -0.3 is 10.0 Å². The molecule has 1 aliphatic rings. The third-order valence-corrected chi connectivity index (χ3v) is 3.30. The van der Waals surface area contributed by atoms with E-state index in [1.54, 1.807) is 0 Å². The highest BCUT2D eigenvalue weighted by atomic mass is 16.4. The van der Waals surface area contributed by atoms with Gasteiger partial charge in [-0.2, -0.15) is 0 Å². The second-order valence-corrected chi connectivity index (χ2v) is 4.57. The van der Waals surface area contributed by atoms with Crippen molar-refractivity contribution in [2.24, 2.45) is 11.8 Å². The predicted octanol–water partition coefficient (Wildman–Crippen LogP) is 1.83. The Balaban J connectivity index is 2.31. The first kappa shape index (κ1) is 11.5. The first-order chi connectivity index (χ1) is 6.54. The van der Waals surface area contributed by atoms with Gasteiger partial charge in [-0.15, -0.1) is 0 Å². The van der Waals surface area contributed by atoms with E-state index in [1.165, 1.54) is 6.42 Å². The Morgan fingerprint density at radius 1 is 1.64 bits per heavy atom. The number of hydrogen-bond donors (Lipinski definition) is 1. The van der Waals surface area contributed by atoms with E-state index < -0.39 is 5.97 Å². The first-order valence-electron chi connectivity index (χ1n) is 5.46. The highest BCUT2D eigenvalue weighted by Gasteiger charge is 2.34. The summed E-state index contributed by atoms with van der Waals surface area (Å²) in [5, 5.41) is 8.74. The molecule has 0 aliphatic heterocycles. The lowest BCUT2D eigenvalue weighted by atomic mass is 10.1. The van der Waals surface area contributed by atoms with Crippen molar-refractivity contribution in [1.82, 2.24) is 4.90 Å². The van der Waals surface area contributed by atoms with Gasteiger partial charge in [0.25, 0.3) is 0 Å². The summed E-state index contributed by atoms with van der Waals surface area (Å²) in [6, 6.07) is 0.209. The van der Waals surface area contributed by atoms with Crippen molar-refractivity contribution in [1.29, 1.82) is 0 Å². The fourth-order valence-electron chi connectivity index (χ4n) is 1.99. The number of nitrogens with zero attached hydrogens (tertiary/aromatic N) is 1. The van der Waals surface area contributed by atoms with Crippen LogP contribution in [-0.4, -0.2) is 35.6 Å². The Morgan fingerprint density at radius 3 is 2.57 bits per heavy atom. The molecular formula is C11H21NO2. The molecule has 0 saturated heterocycles. The minimum absolute atomic E-state index is 0.209. The van der Waals surface area contributed by atoms with Crippen LogP contribution in [0.5, 0.6) is 0 Å². The monoisotopic (exact) mass is 199 g/mol. The maximum atomic E-state index is 10.6. The number of rotatable bonds is 6. The molecule has 0 bridgehead atoms. The van der Waals surface area contributed by atoms with Crippen LogP contribution < -0.4 is 0 Å². The van der Waals surface area contributed by atoms with E-state index in [2.05, 4.69) is 18.7 Å². The zero-order chi connectivity index (χ0) is 10.7. The van der Waals surface area contributed by atoms with E-state index in [0.717, 1.165) is 24.8 Å². The highest BCUT2D eigenvalue weighted by molar-refractivity contribution is 5.67. The summed E-state index contributed by atoms with van der Waals surface area (Å²) in [4.78, 5) is 12.8. The van der Waals surface area contributed by atoms with Crippen LogP contribution >= 0.6 is 0 Å². The highest BCUT2D eigenvalue weighted by Crippen LogP contribution is 2.38. The molecule has 0 aromatic rings. The van der Waals surface area contributed by atoms with Crippen molar-refractivity contribution in [2.45, 2.75) is 39.2 Å². The van der Waals surface area contributed by atoms with E-state index in [9.17, 15) is 4.79 Å². The molecule has 1 fully saturated rings. The number of carbonyl (C=O) groups is 1. The molecule has 3 atom stereocenters. The van der Waals surface area contributed by atoms with Gasteiger partial charge >= 0.3 is 5.97 Å². The van der Waals surface area contributed by atoms with Crippen LogP contribution in [0.25, 0.3) is 0 Å². The van der Waals surface area contributed by atoms with Crippen LogP contribution in [0.2, 0.25) is 0 Å². The molecule has 1 aliphatic carbocycles. The maximum Gasteiger partial charge on any atom is 0.304 e. The Labute approximate surface area is 86.1 Å². The molecule has 0 radical (unpaired) electrons. The van der Waals surface area contributed by atoms with E-state index in [4.69, 9.17) is 5.11 Å². The summed E-state index contributed by atoms with van der Waals surface area (Å²) in [5.41, 5.74) is 0. The van der Waals surface area contributed by atoms with Gasteiger partial charge in [-0.3, -0.25) is 4.79 Å². The average molecular weight is 199 g/mol. The Kier molecular flexibility index (Phi) is 3.93. The van der Waals surface area contributed by atoms with Crippen molar-refractivity contribution in [2.75, 3.05) is 13.6 Å². The molecule has 0 spiro atoms. The van der Waals surface area contributed by atoms with Gasteiger partial charge in [0, 0.05) is 12.6 Å². The fourth-order valence-corrected chi connectivity index (χ4v) is 1.99. The SMILES string of the molecule is CCC(CC(=O)O)N(C)CC1CC1C. The summed E-state index contributed by atoms with van der Waals surface area (Å²) in [6.07, 6.45) is 2.51. The van der Waals surface area contributed by atoms with Gasteiger partial charge in [-0.25, -0.2) is 0 Å². The summed E-state index contributed by atoms with van der Waals surface area (Å²) in [7, 11) is 2.04. The molecule has 3 unspecified atom stereocenters. The van der Waals surface area contributed by atoms with Gasteiger partial charge in [0.2, 0.25) is 0 Å². The Morgan fingerprint density at radius 2 is 2.21 bits per heavy atom. The second kappa shape index (κ2) is 4.78. The Hall–Kier alpha value is -0.570. The molecule has 0 heterocycles. The van der Waals surface area contributed by atoms with Gasteiger partial charge in [0.15, 0.2) is 0 Å². The third kappa shape index (κ3) is 3.29. The topological polar surface area (TPSA) is 40.5 Å². The van der Waals surface area contributed by atoms with Gasteiger partial charge in [0.05, 0.1) is 6.42 Å². The standard InChI is InChI=1S/C11H21NO2/c1-4-10(6-11(13)14)12(3)7-9-5-8(9)2/h8-10H,4-7H2,1-3H3,(H,13,14). The van der Waals surface area contributed by atoms with Gasteiger partial charge in [-0.1, -0.05) is 13.8 Å². The largest absolute Gasteiger partial charge is 0.481 e. The fraction of sp³-hybridized carbons (Fsp3) is 0.909. The molecule has 0 amide bonds. The maximum absolute atomic E-state index is 10.6. The van der Waals surface area contributed by atoms with E-state index in [-0.39, 0.29) is 12.5 Å². The summed E-state index contributed by atoms with van der Waals surface area (Å²) < 4.78 is 0. The number of carboxylic acid groups (broad SMARTS) is 1. The molecule has 3 heteroatoms. The molecule has 1 N–H and O–H groups in total. The average Bonchev–Trinajstić information content (AvgIpc) is 2.77. The second-order valence-electron chi connectivity index (χ2n) is 4.57. The van der Waals surface area contributed by atoms with E-state index in [1.807, 2.05) is 7.05 Å². The normalized spacial score (nSPS) is 27.7. The molecule has 82 valence electrons. The van der Waals surface area contributed by atoms with Crippen LogP contribution in [0.1, 0.15) is 33.1 Å². The summed E-state index contributed by atoms with van der Waals surface area (Å²) in [6.45, 7) is 5.38. The zero-order valence-corrected chi connectivity index (χ0v) is 9.36. The molecule has 0 aromatic heterocycles. The van der Waals surface area contributed by atoms with E-state index in [0.29, 0.717) is 0 Å². The lowest BCUT2D eigenvalue weighted by Crippen LogP contribution is -2.34. The predicted molar refractivity (Wildman–Crippen MR) is 56.2 cm³/mol. The lowest BCUT2D eigenvalue weighted by Gasteiger charge is -2.25. The lowest BCUT2D eigenvalue weighted by molar-refractivity contribution is -0.138. The summed E-state index contributed by atoms with van der Waals surface area (Å²) >= 11 is 0. The summed E-state index contributed by atoms with van der Waals surface area (Å²) in [5.74, 6) is 0.968. The number of hydrogen-bond acceptors (Lipinski definition) is 2. The van der Waals surface area contributed by atoms with E-state index >= 15 is 0 Å². The number of aliphatic carboxylic acids is 1. The van der Waals surface area contributed by atoms with Crippen molar-refractivity contribution in [3.05, 3.63) is 0 Å². The first-order valence-corrected chi connectivity index (χ1v) is 5.46. The van der Waals surface area contributed by atoms with Crippen molar-refractivity contribution in [3.8, 4) is 0 Å². The smallest absolute Gasteiger partial charge is 0.304 e. The van der Waals surface area contributed by atoms with Crippen LogP contribution in [0, 0.1) is 11.8 Å². The Bertz CT molecular complexity index is 205. The van der Waals surface area contributed by atoms with Crippen molar-refractivity contribution >= 4 is 5.97 Å². The minimum Gasteiger partial charge on any atom is -0.481 e. The molecule has 1 saturated carbocycles. The van der Waals surface area contributed by atoms with Gasteiger partial charge in [-0.05, 0) is 31.7 Å². The minimum atomic E-state index is -0.687. The molecule has 3 nitrogen and oxygen atoms in total. The molecule has 0 aromatic carbocycles. The van der Waals surface area contributed by atoms with Crippen LogP contribution in [-0.2, 0) is 4.79 Å². The van der Waals surface area contributed by atoms with Crippen LogP contribution in [0.3, 0.4) is 0 Å². The van der Waals surface area contributed by atoms with Crippen LogP contribution in [0.15, 0.2) is 0 Å². The third-order valence-electron chi connectivity index (χ3n) is 3.30. The molecule has 1 rings (SSSR count).